The molecule has 12 heterocycles. The highest BCUT2D eigenvalue weighted by Gasteiger charge is 2.33. The molecule has 666 valence electrons. The fraction of sp³-hybridized carbons (Fsp3) is 0.0526. The van der Waals surface area contributed by atoms with Crippen molar-refractivity contribution in [1.29, 1.82) is 0 Å². The second-order valence-corrected chi connectivity index (χ2v) is 39.4. The van der Waals surface area contributed by atoms with E-state index in [-0.39, 0.29) is 0 Å². The number of nitrogens with zero attached hydrogens (tertiary/aromatic N) is 3. The van der Waals surface area contributed by atoms with Crippen LogP contribution in [0.4, 0.5) is 0 Å². The second kappa shape index (κ2) is 29.4. The van der Waals surface area contributed by atoms with Crippen molar-refractivity contribution >= 4 is 246 Å². The van der Waals surface area contributed by atoms with Crippen molar-refractivity contribution in [2.75, 3.05) is 0 Å². The van der Waals surface area contributed by atoms with Gasteiger partial charge in [0.25, 0.3) is 0 Å². The minimum atomic E-state index is 0.354. The standard InChI is InChI=1S/2C45H29NO2.C43H25NO2/c1-25(2)28-15-10-16-29(26-11-4-3-5-12-26)40(28)27-23-36-32-19-21-34-30-13-6-8-17-38(30)47-44(34)42(32)46-41(36)37(24-27)33-20-22-35-31-14-7-9-18-39(31)48-45(35)43(33)46;1-25(2)27-16-17-29(26-10-4-3-5-11-26)36(22-27)28-23-37-32-18-20-34-30-12-6-8-14-39(30)47-44(34)42(32)46-41(37)38(24-28)33-19-21-35-31-13-7-9-15-40(31)48-45(35)43(33)46;1-24-15-16-26(25-9-3-2-4-10-25)21-34(24)27-22-35-30-17-19-32-28-11-5-7-13-37(28)45-42(32)40(30)44-39(35)36(23-27)31-18-20-33-29-12-6-8-14-38(29)46-43(33)41(31)44/h2*3-25H,1-2H3;2-23H,1H3. The van der Waals surface area contributed by atoms with Gasteiger partial charge in [0.05, 0.1) is 49.7 Å². The van der Waals surface area contributed by atoms with E-state index in [1.54, 1.807) is 0 Å². The molecular formula is C133H83N3O6. The fourth-order valence-electron chi connectivity index (χ4n) is 24.6. The normalized spacial score (nSPS) is 12.5. The van der Waals surface area contributed by atoms with Crippen LogP contribution < -0.4 is 0 Å². The predicted octanol–water partition coefficient (Wildman–Crippen LogP) is 38.5. The first-order valence-electron chi connectivity index (χ1n) is 49.2. The molecule has 0 bridgehead atoms. The summed E-state index contributed by atoms with van der Waals surface area (Å²) >= 11 is 0. The van der Waals surface area contributed by atoms with Gasteiger partial charge in [0.1, 0.15) is 33.5 Å². The molecule has 9 heteroatoms. The van der Waals surface area contributed by atoms with E-state index in [9.17, 15) is 0 Å². The molecule has 142 heavy (non-hydrogen) atoms. The number of fused-ring (bicyclic) bond motifs is 42. The molecule has 0 N–H and O–H groups in total. The predicted molar refractivity (Wildman–Crippen MR) is 593 cm³/mol. The first kappa shape index (κ1) is 78.9. The number of furan rings is 6. The lowest BCUT2D eigenvalue weighted by molar-refractivity contribution is 0.669. The van der Waals surface area contributed by atoms with E-state index < -0.39 is 0 Å². The van der Waals surface area contributed by atoms with Gasteiger partial charge in [-0.2, -0.15) is 0 Å². The van der Waals surface area contributed by atoms with Gasteiger partial charge in [-0.15, -0.1) is 0 Å². The van der Waals surface area contributed by atoms with Crippen molar-refractivity contribution in [3.05, 3.63) is 417 Å². The summed E-state index contributed by atoms with van der Waals surface area (Å²) in [6.45, 7) is 11.3. The maximum atomic E-state index is 6.74. The maximum Gasteiger partial charge on any atom is 0.160 e. The van der Waals surface area contributed by atoms with Crippen LogP contribution in [0.25, 0.3) is 313 Å². The molecule has 12 aromatic heterocycles. The van der Waals surface area contributed by atoms with Crippen LogP contribution in [-0.4, -0.2) is 13.2 Å². The Balaban J connectivity index is 0.0000000977. The van der Waals surface area contributed by atoms with Crippen LogP contribution in [-0.2, 0) is 0 Å². The molecule has 0 radical (unpaired) electrons. The molecule has 0 aliphatic rings. The third-order valence-corrected chi connectivity index (χ3v) is 31.1. The summed E-state index contributed by atoms with van der Waals surface area (Å²) in [5, 5.41) is 27.9. The van der Waals surface area contributed by atoms with Gasteiger partial charge in [-0.3, -0.25) is 0 Å². The molecule has 0 aliphatic heterocycles. The molecule has 21 aromatic carbocycles. The highest BCUT2D eigenvalue weighted by Crippen LogP contribution is 2.55. The van der Waals surface area contributed by atoms with E-state index in [1.807, 2.05) is 36.4 Å². The van der Waals surface area contributed by atoms with Gasteiger partial charge in [0, 0.05) is 129 Å². The Hall–Kier alpha value is -18.2. The third kappa shape index (κ3) is 11.0. The number of aromatic nitrogens is 3. The van der Waals surface area contributed by atoms with Gasteiger partial charge < -0.3 is 39.7 Å². The minimum Gasteiger partial charge on any atom is -0.454 e. The molecule has 0 atom stereocenters. The highest BCUT2D eigenvalue weighted by atomic mass is 16.4. The number of rotatable bonds is 8. The quantitative estimate of drug-likeness (QED) is 0.151. The third-order valence-electron chi connectivity index (χ3n) is 31.1. The van der Waals surface area contributed by atoms with Crippen molar-refractivity contribution < 1.29 is 26.5 Å². The molecule has 0 unspecified atom stereocenters. The van der Waals surface area contributed by atoms with Crippen molar-refractivity contribution in [2.45, 2.75) is 46.5 Å². The van der Waals surface area contributed by atoms with Crippen molar-refractivity contribution in [3.63, 3.8) is 0 Å². The average Bonchev–Trinajstić information content (AvgIpc) is 1.52. The van der Waals surface area contributed by atoms with Crippen LogP contribution >= 0.6 is 0 Å². The lowest BCUT2D eigenvalue weighted by Crippen LogP contribution is -1.96. The Labute approximate surface area is 810 Å². The summed E-state index contributed by atoms with van der Waals surface area (Å²) in [6.07, 6.45) is 0. The Bertz CT molecular complexity index is 10700. The van der Waals surface area contributed by atoms with E-state index >= 15 is 0 Å². The number of hydrogen-bond donors (Lipinski definition) is 0. The van der Waals surface area contributed by atoms with E-state index in [2.05, 4.69) is 412 Å². The molecule has 0 fully saturated rings. The van der Waals surface area contributed by atoms with Crippen LogP contribution in [0, 0.1) is 6.92 Å². The van der Waals surface area contributed by atoms with E-state index in [0.29, 0.717) is 11.8 Å². The van der Waals surface area contributed by atoms with Gasteiger partial charge >= 0.3 is 0 Å². The summed E-state index contributed by atoms with van der Waals surface area (Å²) in [4.78, 5) is 0. The molecule has 9 nitrogen and oxygen atoms in total. The molecule has 0 spiro atoms. The SMILES string of the molecule is CC(C)c1ccc(-c2ccccc2)c(-c2cc3c4ccc5c6ccccc6oc5c4n4c3c(c2)c2ccc3c5ccccc5oc3c24)c1.CC(C)c1cccc(-c2ccccc2)c1-c1cc2c3ccc4c5ccccc5oc4c3n3c2c(c1)c1ccc2c4ccccc4oc2c13.Cc1ccc(-c2ccccc2)cc1-c1cc2c3ccc4c5ccccc5oc4c3n3c2c(c1)c1ccc2c4ccccc4oc2c13. The Morgan fingerprint density at radius 2 is 0.458 bits per heavy atom. The van der Waals surface area contributed by atoms with Crippen molar-refractivity contribution in [2.24, 2.45) is 0 Å². The van der Waals surface area contributed by atoms with Crippen LogP contribution in [0.5, 0.6) is 0 Å². The van der Waals surface area contributed by atoms with Crippen LogP contribution in [0.1, 0.15) is 56.2 Å². The van der Waals surface area contributed by atoms with Gasteiger partial charge in [0.15, 0.2) is 33.5 Å². The topological polar surface area (TPSA) is 92.1 Å². The zero-order valence-corrected chi connectivity index (χ0v) is 78.1. The zero-order chi connectivity index (χ0) is 93.4. The monoisotopic (exact) mass is 1820 g/mol. The number of para-hydroxylation sites is 6. The summed E-state index contributed by atoms with van der Waals surface area (Å²) < 4.78 is 47.6. The van der Waals surface area contributed by atoms with E-state index in [0.717, 1.165) is 165 Å². The van der Waals surface area contributed by atoms with E-state index in [1.165, 1.54) is 165 Å². The van der Waals surface area contributed by atoms with Gasteiger partial charge in [0.2, 0.25) is 0 Å². The lowest BCUT2D eigenvalue weighted by atomic mass is 9.85. The van der Waals surface area contributed by atoms with Crippen LogP contribution in [0.15, 0.2) is 427 Å². The highest BCUT2D eigenvalue weighted by molar-refractivity contribution is 6.37. The fourth-order valence-corrected chi connectivity index (χ4v) is 24.6. The molecule has 33 aromatic rings. The summed E-state index contributed by atoms with van der Waals surface area (Å²) in [7, 11) is 0. The first-order valence-corrected chi connectivity index (χ1v) is 49.2. The molecule has 0 saturated heterocycles. The first-order chi connectivity index (χ1) is 70.0. The molecule has 0 amide bonds. The molecule has 0 aliphatic carbocycles. The van der Waals surface area contributed by atoms with Crippen molar-refractivity contribution in [1.82, 2.24) is 13.2 Å². The van der Waals surface area contributed by atoms with Gasteiger partial charge in [-0.1, -0.05) is 313 Å². The zero-order valence-electron chi connectivity index (χ0n) is 78.1. The van der Waals surface area contributed by atoms with Gasteiger partial charge in [-0.05, 0) is 217 Å². The Morgan fingerprint density at radius 3 is 0.782 bits per heavy atom. The van der Waals surface area contributed by atoms with Gasteiger partial charge in [-0.25, -0.2) is 0 Å². The Morgan fingerprint density at radius 1 is 0.169 bits per heavy atom. The number of benzene rings is 21. The summed E-state index contributed by atoms with van der Waals surface area (Å²) in [5.74, 6) is 0.768. The maximum absolute atomic E-state index is 6.74. The van der Waals surface area contributed by atoms with E-state index in [4.69, 9.17) is 26.5 Å². The average molecular weight is 1820 g/mol. The smallest absolute Gasteiger partial charge is 0.160 e. The summed E-state index contributed by atoms with van der Waals surface area (Å²) in [6, 6.07) is 144. The molecule has 33 rings (SSSR count). The molecule has 0 saturated carbocycles. The molecular weight excluding hydrogens is 1740 g/mol. The minimum absolute atomic E-state index is 0.354. The van der Waals surface area contributed by atoms with Crippen LogP contribution in [0.2, 0.25) is 0 Å². The Kier molecular flexibility index (Phi) is 16.4. The largest absolute Gasteiger partial charge is 0.454 e. The lowest BCUT2D eigenvalue weighted by Gasteiger charge is -2.18. The number of aryl methyl sites for hydroxylation is 1. The van der Waals surface area contributed by atoms with Crippen molar-refractivity contribution in [3.8, 4) is 66.8 Å². The van der Waals surface area contributed by atoms with Crippen LogP contribution in [0.3, 0.4) is 0 Å². The number of hydrogen-bond acceptors (Lipinski definition) is 6. The summed E-state index contributed by atoms with van der Waals surface area (Å²) in [5.41, 5.74) is 39.7. The second-order valence-electron chi connectivity index (χ2n) is 39.4.